The summed E-state index contributed by atoms with van der Waals surface area (Å²) in [6.45, 7) is 5.19. The van der Waals surface area contributed by atoms with E-state index in [0.29, 0.717) is 5.92 Å². The smallest absolute Gasteiger partial charge is 0.322 e. The number of carboxylic acid groups (broad SMARTS) is 1. The Kier molecular flexibility index (Phi) is 5.66. The lowest BCUT2D eigenvalue weighted by atomic mass is 10.1. The second kappa shape index (κ2) is 5.94. The largest absolute Gasteiger partial charge is 0.480 e. The van der Waals surface area contributed by atoms with Gasteiger partial charge in [0, 0.05) is 6.54 Å². The third kappa shape index (κ3) is 4.85. The lowest BCUT2D eigenvalue weighted by molar-refractivity contribution is -0.142. The molecule has 0 saturated heterocycles. The van der Waals surface area contributed by atoms with Crippen LogP contribution in [0.25, 0.3) is 0 Å². The zero-order valence-corrected chi connectivity index (χ0v) is 8.66. The normalized spacial score (nSPS) is 13.7. The van der Waals surface area contributed by atoms with Gasteiger partial charge in [0.1, 0.15) is 6.04 Å². The molecule has 0 fully saturated rings. The summed E-state index contributed by atoms with van der Waals surface area (Å²) in [5.74, 6) is -0.247. The molecule has 0 amide bonds. The van der Waals surface area contributed by atoms with Gasteiger partial charge in [0.25, 0.3) is 0 Å². The van der Waals surface area contributed by atoms with Crippen LogP contribution in [0.3, 0.4) is 0 Å². The van der Waals surface area contributed by atoms with Crippen molar-refractivity contribution < 1.29 is 9.90 Å². The van der Waals surface area contributed by atoms with Gasteiger partial charge >= 0.3 is 5.97 Å². The van der Waals surface area contributed by atoms with Crippen LogP contribution in [0.2, 0.25) is 0 Å². The van der Waals surface area contributed by atoms with Crippen LogP contribution in [-0.2, 0) is 4.79 Å². The van der Waals surface area contributed by atoms with Crippen LogP contribution < -0.4 is 5.73 Å². The molecule has 13 heavy (non-hydrogen) atoms. The maximum atomic E-state index is 10.7. The summed E-state index contributed by atoms with van der Waals surface area (Å²) in [7, 11) is 1.80. The van der Waals surface area contributed by atoms with E-state index < -0.39 is 12.0 Å². The van der Waals surface area contributed by atoms with Crippen molar-refractivity contribution in [3.63, 3.8) is 0 Å². The van der Waals surface area contributed by atoms with Crippen LogP contribution in [0, 0.1) is 5.92 Å². The van der Waals surface area contributed by atoms with Crippen molar-refractivity contribution in [2.75, 3.05) is 20.1 Å². The molecule has 4 nitrogen and oxygen atoms in total. The highest BCUT2D eigenvalue weighted by Crippen LogP contribution is 2.03. The van der Waals surface area contributed by atoms with Crippen molar-refractivity contribution in [2.24, 2.45) is 11.7 Å². The van der Waals surface area contributed by atoms with Crippen molar-refractivity contribution in [2.45, 2.75) is 26.3 Å². The Morgan fingerprint density at radius 2 is 2.08 bits per heavy atom. The summed E-state index contributed by atoms with van der Waals surface area (Å²) in [5, 5.41) is 8.79. The fourth-order valence-electron chi connectivity index (χ4n) is 1.09. The first-order valence-electron chi connectivity index (χ1n) is 4.62. The fraction of sp³-hybridized carbons (Fsp3) is 0.889. The van der Waals surface area contributed by atoms with Crippen molar-refractivity contribution in [3.8, 4) is 0 Å². The minimum atomic E-state index is -0.839. The molecule has 3 N–H and O–H groups in total. The second-order valence-corrected chi connectivity index (χ2v) is 3.75. The summed E-state index contributed by atoms with van der Waals surface area (Å²) < 4.78 is 0. The van der Waals surface area contributed by atoms with Crippen molar-refractivity contribution in [3.05, 3.63) is 0 Å². The zero-order valence-electron chi connectivity index (χ0n) is 8.66. The number of likely N-dealkylation sites (N-methyl/N-ethyl adjacent to an activating group) is 1. The van der Waals surface area contributed by atoms with Gasteiger partial charge in [-0.15, -0.1) is 0 Å². The minimum Gasteiger partial charge on any atom is -0.480 e. The fourth-order valence-corrected chi connectivity index (χ4v) is 1.09. The maximum absolute atomic E-state index is 10.7. The van der Waals surface area contributed by atoms with E-state index in [0.717, 1.165) is 13.0 Å². The van der Waals surface area contributed by atoms with Gasteiger partial charge in [-0.25, -0.2) is 0 Å². The molecule has 0 saturated carbocycles. The Balaban J connectivity index is 3.91. The van der Waals surface area contributed by atoms with Crippen LogP contribution in [0.4, 0.5) is 0 Å². The van der Waals surface area contributed by atoms with E-state index in [4.69, 9.17) is 10.8 Å². The van der Waals surface area contributed by atoms with Crippen LogP contribution in [-0.4, -0.2) is 42.2 Å². The van der Waals surface area contributed by atoms with E-state index in [-0.39, 0.29) is 6.54 Å². The van der Waals surface area contributed by atoms with E-state index >= 15 is 0 Å². The van der Waals surface area contributed by atoms with Gasteiger partial charge in [-0.1, -0.05) is 13.8 Å². The number of nitrogens with two attached hydrogens (primary N) is 1. The van der Waals surface area contributed by atoms with E-state index in [1.807, 2.05) is 0 Å². The van der Waals surface area contributed by atoms with Gasteiger partial charge in [0.05, 0.1) is 0 Å². The summed E-state index contributed by atoms with van der Waals surface area (Å²) in [5.41, 5.74) is 5.36. The number of hydrogen-bond donors (Lipinski definition) is 2. The predicted octanol–water partition coefficient (Wildman–Crippen LogP) is 0.376. The molecule has 1 atom stereocenters. The molecule has 1 unspecified atom stereocenters. The van der Waals surface area contributed by atoms with Gasteiger partial charge in [0.15, 0.2) is 0 Å². The standard InChI is InChI=1S/C9H20N2O2/c1-7(2)4-5-11(3)8(6-10)9(12)13/h7-8H,4-6,10H2,1-3H3,(H,12,13). The SMILES string of the molecule is CC(C)CCN(C)C(CN)C(=O)O. The first-order chi connectivity index (χ1) is 5.99. The molecule has 0 bridgehead atoms. The highest BCUT2D eigenvalue weighted by Gasteiger charge is 2.20. The van der Waals surface area contributed by atoms with Gasteiger partial charge in [-0.3, -0.25) is 9.69 Å². The molecule has 0 aliphatic carbocycles. The first-order valence-corrected chi connectivity index (χ1v) is 4.62. The van der Waals surface area contributed by atoms with Crippen molar-refractivity contribution >= 4 is 5.97 Å². The molecule has 0 radical (unpaired) electrons. The molecular weight excluding hydrogens is 168 g/mol. The first kappa shape index (κ1) is 12.4. The Hall–Kier alpha value is -0.610. The number of nitrogens with zero attached hydrogens (tertiary/aromatic N) is 1. The maximum Gasteiger partial charge on any atom is 0.322 e. The van der Waals surface area contributed by atoms with Crippen LogP contribution in [0.5, 0.6) is 0 Å². The Labute approximate surface area is 79.7 Å². The molecule has 0 aliphatic rings. The average molecular weight is 188 g/mol. The number of rotatable bonds is 6. The topological polar surface area (TPSA) is 66.6 Å². The minimum absolute atomic E-state index is 0.171. The van der Waals surface area contributed by atoms with Crippen LogP contribution >= 0.6 is 0 Å². The molecular formula is C9H20N2O2. The van der Waals surface area contributed by atoms with Crippen molar-refractivity contribution in [1.82, 2.24) is 4.90 Å². The zero-order chi connectivity index (χ0) is 10.4. The van der Waals surface area contributed by atoms with E-state index in [1.54, 1.807) is 11.9 Å². The highest BCUT2D eigenvalue weighted by atomic mass is 16.4. The molecule has 78 valence electrons. The van der Waals surface area contributed by atoms with Gasteiger partial charge in [-0.2, -0.15) is 0 Å². The van der Waals surface area contributed by atoms with Crippen molar-refractivity contribution in [1.29, 1.82) is 0 Å². The number of carboxylic acids is 1. The lowest BCUT2D eigenvalue weighted by Crippen LogP contribution is -2.44. The molecule has 0 aromatic heterocycles. The van der Waals surface area contributed by atoms with Gasteiger partial charge < -0.3 is 10.8 Å². The highest BCUT2D eigenvalue weighted by molar-refractivity contribution is 5.73. The molecule has 0 aromatic carbocycles. The third-order valence-corrected chi connectivity index (χ3v) is 2.10. The number of carbonyl (C=O) groups is 1. The molecule has 0 heterocycles. The summed E-state index contributed by atoms with van der Waals surface area (Å²) in [6.07, 6.45) is 1.00. The lowest BCUT2D eigenvalue weighted by Gasteiger charge is -2.23. The number of hydrogen-bond acceptors (Lipinski definition) is 3. The molecule has 0 rings (SSSR count). The molecule has 0 spiro atoms. The summed E-state index contributed by atoms with van der Waals surface area (Å²) in [6, 6.07) is -0.543. The van der Waals surface area contributed by atoms with E-state index in [2.05, 4.69) is 13.8 Å². The van der Waals surface area contributed by atoms with E-state index in [1.165, 1.54) is 0 Å². The Morgan fingerprint density at radius 1 is 1.54 bits per heavy atom. The van der Waals surface area contributed by atoms with Crippen LogP contribution in [0.15, 0.2) is 0 Å². The summed E-state index contributed by atoms with van der Waals surface area (Å²) in [4.78, 5) is 12.5. The average Bonchev–Trinajstić information content (AvgIpc) is 2.01. The Bertz CT molecular complexity index is 160. The quantitative estimate of drug-likeness (QED) is 0.632. The summed E-state index contributed by atoms with van der Waals surface area (Å²) >= 11 is 0. The monoisotopic (exact) mass is 188 g/mol. The van der Waals surface area contributed by atoms with Gasteiger partial charge in [-0.05, 0) is 25.9 Å². The predicted molar refractivity (Wildman–Crippen MR) is 52.6 cm³/mol. The molecule has 4 heteroatoms. The van der Waals surface area contributed by atoms with E-state index in [9.17, 15) is 4.79 Å². The number of aliphatic carboxylic acids is 1. The molecule has 0 aliphatic heterocycles. The van der Waals surface area contributed by atoms with Crippen LogP contribution in [0.1, 0.15) is 20.3 Å². The van der Waals surface area contributed by atoms with Gasteiger partial charge in [0.2, 0.25) is 0 Å². The molecule has 0 aromatic rings. The second-order valence-electron chi connectivity index (χ2n) is 3.75. The Morgan fingerprint density at radius 3 is 2.38 bits per heavy atom. The third-order valence-electron chi connectivity index (χ3n) is 2.10.